The molecule has 0 fully saturated rings. The van der Waals surface area contributed by atoms with Gasteiger partial charge in [0.05, 0.1) is 21.7 Å². The highest BCUT2D eigenvalue weighted by molar-refractivity contribution is 6.37. The second-order valence-corrected chi connectivity index (χ2v) is 5.20. The molecule has 0 aliphatic carbocycles. The minimum absolute atomic E-state index is 0.436. The largest absolute Gasteiger partial charge is 0.369 e. The second kappa shape index (κ2) is 7.16. The van der Waals surface area contributed by atoms with Gasteiger partial charge in [-0.05, 0) is 36.8 Å². The molecule has 1 aromatic heterocycles. The van der Waals surface area contributed by atoms with Crippen LogP contribution < -0.4 is 10.6 Å². The SMILES string of the molecule is CCCNc1nc(Nc2ccc(C#N)cc2)c(Cl)cc1Cl. The standard InChI is InChI=1S/C15H14Cl2N4/c1-2-7-19-14-12(16)8-13(17)15(21-14)20-11-5-3-10(9-18)4-6-11/h3-6,8H,2,7H2,1H3,(H2,19,20,21). The number of rotatable bonds is 5. The molecule has 2 aromatic rings. The predicted molar refractivity (Wildman–Crippen MR) is 87.5 cm³/mol. The van der Waals surface area contributed by atoms with Crippen LogP contribution in [-0.2, 0) is 0 Å². The van der Waals surface area contributed by atoms with Gasteiger partial charge >= 0.3 is 0 Å². The van der Waals surface area contributed by atoms with Crippen molar-refractivity contribution < 1.29 is 0 Å². The van der Waals surface area contributed by atoms with Crippen LogP contribution in [0, 0.1) is 11.3 Å². The molecule has 1 aromatic carbocycles. The van der Waals surface area contributed by atoms with Crippen LogP contribution in [0.25, 0.3) is 0 Å². The minimum Gasteiger partial charge on any atom is -0.369 e. The van der Waals surface area contributed by atoms with Crippen LogP contribution in [0.1, 0.15) is 18.9 Å². The van der Waals surface area contributed by atoms with E-state index in [4.69, 9.17) is 28.5 Å². The first-order chi connectivity index (χ1) is 10.1. The fraction of sp³-hybridized carbons (Fsp3) is 0.200. The van der Waals surface area contributed by atoms with E-state index in [1.165, 1.54) is 0 Å². The average Bonchev–Trinajstić information content (AvgIpc) is 2.49. The third-order valence-corrected chi connectivity index (χ3v) is 3.32. The van der Waals surface area contributed by atoms with E-state index < -0.39 is 0 Å². The minimum atomic E-state index is 0.436. The highest BCUT2D eigenvalue weighted by Crippen LogP contribution is 2.31. The van der Waals surface area contributed by atoms with Crippen molar-refractivity contribution in [1.29, 1.82) is 5.26 Å². The van der Waals surface area contributed by atoms with Gasteiger partial charge in [-0.1, -0.05) is 30.1 Å². The maximum absolute atomic E-state index is 8.78. The van der Waals surface area contributed by atoms with Gasteiger partial charge in [-0.3, -0.25) is 0 Å². The number of pyridine rings is 1. The van der Waals surface area contributed by atoms with Crippen molar-refractivity contribution in [2.75, 3.05) is 17.2 Å². The number of hydrogen-bond donors (Lipinski definition) is 2. The van der Waals surface area contributed by atoms with Gasteiger partial charge in [-0.2, -0.15) is 5.26 Å². The molecule has 1 heterocycles. The molecular weight excluding hydrogens is 307 g/mol. The molecule has 0 spiro atoms. The van der Waals surface area contributed by atoms with Gasteiger partial charge in [0.1, 0.15) is 5.82 Å². The van der Waals surface area contributed by atoms with Gasteiger partial charge in [0.2, 0.25) is 0 Å². The summed E-state index contributed by atoms with van der Waals surface area (Å²) in [7, 11) is 0. The van der Waals surface area contributed by atoms with Crippen molar-refractivity contribution in [3.8, 4) is 6.07 Å². The Morgan fingerprint density at radius 3 is 2.43 bits per heavy atom. The molecule has 2 N–H and O–H groups in total. The van der Waals surface area contributed by atoms with E-state index in [1.807, 2.05) is 0 Å². The maximum Gasteiger partial charge on any atom is 0.151 e. The fourth-order valence-electron chi connectivity index (χ4n) is 1.69. The van der Waals surface area contributed by atoms with E-state index in [0.29, 0.717) is 27.2 Å². The molecule has 108 valence electrons. The third kappa shape index (κ3) is 4.01. The summed E-state index contributed by atoms with van der Waals surface area (Å²) in [4.78, 5) is 4.40. The molecule has 2 rings (SSSR count). The van der Waals surface area contributed by atoms with E-state index in [-0.39, 0.29) is 0 Å². The van der Waals surface area contributed by atoms with E-state index in [9.17, 15) is 0 Å². The van der Waals surface area contributed by atoms with Crippen LogP contribution >= 0.6 is 23.2 Å². The fourth-order valence-corrected chi connectivity index (χ4v) is 2.16. The molecule has 0 amide bonds. The lowest BCUT2D eigenvalue weighted by atomic mass is 10.2. The number of hydrogen-bond acceptors (Lipinski definition) is 4. The number of nitrogens with zero attached hydrogens (tertiary/aromatic N) is 2. The Morgan fingerprint density at radius 2 is 1.81 bits per heavy atom. The Labute approximate surface area is 133 Å². The molecule has 4 nitrogen and oxygen atoms in total. The maximum atomic E-state index is 8.78. The molecule has 0 atom stereocenters. The smallest absolute Gasteiger partial charge is 0.151 e. The van der Waals surface area contributed by atoms with Gasteiger partial charge < -0.3 is 10.6 Å². The van der Waals surface area contributed by atoms with E-state index in [0.717, 1.165) is 18.7 Å². The molecular formula is C15H14Cl2N4. The summed E-state index contributed by atoms with van der Waals surface area (Å²) in [6, 6.07) is 10.8. The number of nitriles is 1. The summed E-state index contributed by atoms with van der Waals surface area (Å²) < 4.78 is 0. The van der Waals surface area contributed by atoms with Crippen molar-refractivity contribution in [2.45, 2.75) is 13.3 Å². The Hall–Kier alpha value is -1.96. The molecule has 0 aliphatic heterocycles. The summed E-state index contributed by atoms with van der Waals surface area (Å²) in [6.07, 6.45) is 0.971. The van der Waals surface area contributed by atoms with Crippen molar-refractivity contribution in [3.63, 3.8) is 0 Å². The van der Waals surface area contributed by atoms with E-state index in [2.05, 4.69) is 28.6 Å². The normalized spacial score (nSPS) is 10.0. The lowest BCUT2D eigenvalue weighted by Gasteiger charge is -2.12. The Balaban J connectivity index is 2.23. The predicted octanol–water partition coefficient (Wildman–Crippen LogP) is 4.83. The number of benzene rings is 1. The topological polar surface area (TPSA) is 60.7 Å². The van der Waals surface area contributed by atoms with Crippen molar-refractivity contribution in [1.82, 2.24) is 4.98 Å². The van der Waals surface area contributed by atoms with Gasteiger partial charge in [0.15, 0.2) is 5.82 Å². The van der Waals surface area contributed by atoms with Crippen LogP contribution in [0.2, 0.25) is 10.0 Å². The molecule has 0 radical (unpaired) electrons. The van der Waals surface area contributed by atoms with Crippen LogP contribution in [0.3, 0.4) is 0 Å². The van der Waals surface area contributed by atoms with Crippen molar-refractivity contribution >= 4 is 40.5 Å². The first-order valence-electron chi connectivity index (χ1n) is 6.51. The van der Waals surface area contributed by atoms with E-state index in [1.54, 1.807) is 30.3 Å². The number of nitrogens with one attached hydrogen (secondary N) is 2. The summed E-state index contributed by atoms with van der Waals surface area (Å²) in [5.41, 5.74) is 1.40. The second-order valence-electron chi connectivity index (χ2n) is 4.39. The van der Waals surface area contributed by atoms with Crippen LogP contribution in [0.5, 0.6) is 0 Å². The lowest BCUT2D eigenvalue weighted by Crippen LogP contribution is -2.04. The number of anilines is 3. The molecule has 0 aliphatic rings. The van der Waals surface area contributed by atoms with Crippen LogP contribution in [0.15, 0.2) is 30.3 Å². The molecule has 6 heteroatoms. The zero-order chi connectivity index (χ0) is 15.2. The Kier molecular flexibility index (Phi) is 5.26. The summed E-state index contributed by atoms with van der Waals surface area (Å²) in [6.45, 7) is 2.84. The molecule has 21 heavy (non-hydrogen) atoms. The van der Waals surface area contributed by atoms with Gasteiger partial charge in [0, 0.05) is 12.2 Å². The summed E-state index contributed by atoms with van der Waals surface area (Å²) >= 11 is 12.3. The van der Waals surface area contributed by atoms with Gasteiger partial charge in [-0.15, -0.1) is 0 Å². The monoisotopic (exact) mass is 320 g/mol. The van der Waals surface area contributed by atoms with Crippen molar-refractivity contribution in [3.05, 3.63) is 45.9 Å². The highest BCUT2D eigenvalue weighted by atomic mass is 35.5. The lowest BCUT2D eigenvalue weighted by molar-refractivity contribution is 0.970. The van der Waals surface area contributed by atoms with Crippen molar-refractivity contribution in [2.24, 2.45) is 0 Å². The van der Waals surface area contributed by atoms with E-state index >= 15 is 0 Å². The third-order valence-electron chi connectivity index (χ3n) is 2.75. The molecule has 0 bridgehead atoms. The quantitative estimate of drug-likeness (QED) is 0.828. The Morgan fingerprint density at radius 1 is 1.14 bits per heavy atom. The number of halogens is 2. The molecule has 0 saturated carbocycles. The highest BCUT2D eigenvalue weighted by Gasteiger charge is 2.09. The molecule has 0 saturated heterocycles. The number of aromatic nitrogens is 1. The summed E-state index contributed by atoms with van der Waals surface area (Å²) in [5.74, 6) is 1.11. The first-order valence-corrected chi connectivity index (χ1v) is 7.26. The average molecular weight is 321 g/mol. The van der Waals surface area contributed by atoms with Crippen LogP contribution in [0.4, 0.5) is 17.3 Å². The first kappa shape index (κ1) is 15.4. The molecule has 0 unspecified atom stereocenters. The summed E-state index contributed by atoms with van der Waals surface area (Å²) in [5, 5.41) is 16.0. The van der Waals surface area contributed by atoms with Gasteiger partial charge in [-0.25, -0.2) is 4.98 Å². The van der Waals surface area contributed by atoms with Gasteiger partial charge in [0.25, 0.3) is 0 Å². The zero-order valence-electron chi connectivity index (χ0n) is 11.5. The van der Waals surface area contributed by atoms with Crippen LogP contribution in [-0.4, -0.2) is 11.5 Å². The zero-order valence-corrected chi connectivity index (χ0v) is 13.0. The Bertz CT molecular complexity index is 663.